The molecule has 1 aromatic rings. The van der Waals surface area contributed by atoms with Crippen LogP contribution in [0.2, 0.25) is 0 Å². The maximum atomic E-state index is 4.40. The molecule has 18 heavy (non-hydrogen) atoms. The minimum Gasteiger partial charge on any atom is -0.348 e. The molecule has 0 amide bonds. The van der Waals surface area contributed by atoms with Gasteiger partial charge in [0.25, 0.3) is 0 Å². The first kappa shape index (κ1) is 12.1. The Morgan fingerprint density at radius 2 is 1.78 bits per heavy atom. The summed E-state index contributed by atoms with van der Waals surface area (Å²) in [5, 5.41) is 9.88. The van der Waals surface area contributed by atoms with Gasteiger partial charge in [-0.3, -0.25) is 0 Å². The van der Waals surface area contributed by atoms with Gasteiger partial charge in [0.15, 0.2) is 5.17 Å². The topological polar surface area (TPSA) is 28.0 Å². The lowest BCUT2D eigenvalue weighted by Gasteiger charge is -2.29. The van der Waals surface area contributed by atoms with Gasteiger partial charge >= 0.3 is 0 Å². The van der Waals surface area contributed by atoms with Gasteiger partial charge in [-0.1, -0.05) is 42.1 Å². The van der Waals surface area contributed by atoms with Crippen LogP contribution in [-0.4, -0.2) is 46.1 Å². The van der Waals surface area contributed by atoms with Gasteiger partial charge in [0.1, 0.15) is 0 Å². The molecule has 0 unspecified atom stereocenters. The van der Waals surface area contributed by atoms with Crippen molar-refractivity contribution in [3.8, 4) is 0 Å². The standard InChI is InChI=1S/C13H15N3S2/c1-2-4-11(5-3-1)12-10-18-13(15-14-12)16-6-8-17-9-7-16/h1-5H,6-10H2. The van der Waals surface area contributed by atoms with Gasteiger partial charge in [-0.05, 0) is 5.56 Å². The molecule has 3 rings (SSSR count). The summed E-state index contributed by atoms with van der Waals surface area (Å²) < 4.78 is 0. The molecule has 0 N–H and O–H groups in total. The van der Waals surface area contributed by atoms with Crippen molar-refractivity contribution >= 4 is 34.4 Å². The van der Waals surface area contributed by atoms with E-state index >= 15 is 0 Å². The fraction of sp³-hybridized carbons (Fsp3) is 0.385. The predicted octanol–water partition coefficient (Wildman–Crippen LogP) is 2.54. The molecule has 3 nitrogen and oxygen atoms in total. The van der Waals surface area contributed by atoms with E-state index in [4.69, 9.17) is 0 Å². The van der Waals surface area contributed by atoms with Crippen molar-refractivity contribution in [2.75, 3.05) is 30.3 Å². The summed E-state index contributed by atoms with van der Waals surface area (Å²) >= 11 is 3.83. The minimum absolute atomic E-state index is 0.923. The number of rotatable bonds is 1. The van der Waals surface area contributed by atoms with Gasteiger partial charge < -0.3 is 4.90 Å². The Kier molecular flexibility index (Phi) is 3.90. The van der Waals surface area contributed by atoms with Crippen LogP contribution >= 0.6 is 23.5 Å². The highest BCUT2D eigenvalue weighted by Gasteiger charge is 2.19. The first-order chi connectivity index (χ1) is 8.93. The Morgan fingerprint density at radius 1 is 1.00 bits per heavy atom. The quantitative estimate of drug-likeness (QED) is 0.789. The zero-order valence-electron chi connectivity index (χ0n) is 10.1. The van der Waals surface area contributed by atoms with Gasteiger partial charge in [-0.25, -0.2) is 0 Å². The summed E-state index contributed by atoms with van der Waals surface area (Å²) in [7, 11) is 0. The fourth-order valence-electron chi connectivity index (χ4n) is 1.97. The van der Waals surface area contributed by atoms with E-state index in [0.717, 1.165) is 29.7 Å². The maximum Gasteiger partial charge on any atom is 0.186 e. The molecule has 2 aliphatic heterocycles. The Hall–Kier alpha value is -0.940. The van der Waals surface area contributed by atoms with E-state index in [1.54, 1.807) is 0 Å². The maximum absolute atomic E-state index is 4.40. The molecule has 1 fully saturated rings. The average Bonchev–Trinajstić information content (AvgIpc) is 2.49. The van der Waals surface area contributed by atoms with Gasteiger partial charge in [-0.15, -0.1) is 5.10 Å². The molecule has 1 aromatic carbocycles. The van der Waals surface area contributed by atoms with E-state index in [9.17, 15) is 0 Å². The van der Waals surface area contributed by atoms with Crippen molar-refractivity contribution in [2.24, 2.45) is 10.2 Å². The van der Waals surface area contributed by atoms with E-state index in [1.165, 1.54) is 17.1 Å². The van der Waals surface area contributed by atoms with Crippen LogP contribution in [0.1, 0.15) is 5.56 Å². The summed E-state index contributed by atoms with van der Waals surface area (Å²) in [4.78, 5) is 2.35. The Labute approximate surface area is 116 Å². The van der Waals surface area contributed by atoms with Crippen molar-refractivity contribution < 1.29 is 0 Å². The molecule has 0 spiro atoms. The summed E-state index contributed by atoms with van der Waals surface area (Å²) in [6, 6.07) is 10.3. The molecule has 0 bridgehead atoms. The van der Waals surface area contributed by atoms with E-state index in [-0.39, 0.29) is 0 Å². The van der Waals surface area contributed by atoms with E-state index in [1.807, 2.05) is 41.7 Å². The Bertz CT molecular complexity index is 464. The molecule has 1 saturated heterocycles. The molecule has 2 heterocycles. The highest BCUT2D eigenvalue weighted by molar-refractivity contribution is 8.14. The number of thioether (sulfide) groups is 2. The van der Waals surface area contributed by atoms with E-state index in [2.05, 4.69) is 27.2 Å². The van der Waals surface area contributed by atoms with Gasteiger partial charge in [0.05, 0.1) is 5.71 Å². The number of hydrogen-bond donors (Lipinski definition) is 0. The van der Waals surface area contributed by atoms with E-state index < -0.39 is 0 Å². The molecule has 2 aliphatic rings. The molecule has 0 radical (unpaired) electrons. The van der Waals surface area contributed by atoms with Crippen LogP contribution in [0.25, 0.3) is 0 Å². The predicted molar refractivity (Wildman–Crippen MR) is 81.8 cm³/mol. The van der Waals surface area contributed by atoms with E-state index in [0.29, 0.717) is 0 Å². The third kappa shape index (κ3) is 2.72. The number of hydrogen-bond acceptors (Lipinski definition) is 5. The van der Waals surface area contributed by atoms with Crippen molar-refractivity contribution in [3.05, 3.63) is 35.9 Å². The Morgan fingerprint density at radius 3 is 2.44 bits per heavy atom. The fourth-order valence-corrected chi connectivity index (χ4v) is 3.83. The number of benzene rings is 1. The number of amidine groups is 1. The first-order valence-corrected chi connectivity index (χ1v) is 8.23. The summed E-state index contributed by atoms with van der Waals surface area (Å²) in [6.07, 6.45) is 0. The molecular formula is C13H15N3S2. The summed E-state index contributed by atoms with van der Waals surface area (Å²) in [6.45, 7) is 2.21. The minimum atomic E-state index is 0.923. The van der Waals surface area contributed by atoms with Crippen LogP contribution in [0.15, 0.2) is 40.5 Å². The second kappa shape index (κ2) is 5.80. The molecule has 0 saturated carbocycles. The first-order valence-electron chi connectivity index (χ1n) is 6.09. The van der Waals surface area contributed by atoms with Crippen LogP contribution in [0.5, 0.6) is 0 Å². The highest BCUT2D eigenvalue weighted by Crippen LogP contribution is 2.20. The zero-order chi connectivity index (χ0) is 12.2. The van der Waals surface area contributed by atoms with Crippen LogP contribution in [0, 0.1) is 0 Å². The molecule has 0 aromatic heterocycles. The van der Waals surface area contributed by atoms with Crippen LogP contribution in [0.3, 0.4) is 0 Å². The molecule has 5 heteroatoms. The van der Waals surface area contributed by atoms with Crippen LogP contribution < -0.4 is 0 Å². The third-order valence-electron chi connectivity index (χ3n) is 2.98. The second-order valence-corrected chi connectivity index (χ2v) is 6.35. The van der Waals surface area contributed by atoms with Crippen molar-refractivity contribution in [1.29, 1.82) is 0 Å². The zero-order valence-corrected chi connectivity index (χ0v) is 11.7. The smallest absolute Gasteiger partial charge is 0.186 e. The van der Waals surface area contributed by atoms with Gasteiger partial charge in [0.2, 0.25) is 0 Å². The lowest BCUT2D eigenvalue weighted by Crippen LogP contribution is -2.37. The van der Waals surface area contributed by atoms with Crippen molar-refractivity contribution in [3.63, 3.8) is 0 Å². The van der Waals surface area contributed by atoms with Gasteiger partial charge in [0, 0.05) is 30.3 Å². The lowest BCUT2D eigenvalue weighted by molar-refractivity contribution is 0.470. The van der Waals surface area contributed by atoms with Crippen molar-refractivity contribution in [2.45, 2.75) is 0 Å². The van der Waals surface area contributed by atoms with Crippen molar-refractivity contribution in [1.82, 2.24) is 4.90 Å². The summed E-state index contributed by atoms with van der Waals surface area (Å²) in [5.41, 5.74) is 2.26. The SMILES string of the molecule is c1ccc(C2=NN=C(N3CCSCC3)SC2)cc1. The largest absolute Gasteiger partial charge is 0.348 e. The molecule has 0 aliphatic carbocycles. The molecule has 94 valence electrons. The second-order valence-electron chi connectivity index (χ2n) is 4.18. The highest BCUT2D eigenvalue weighted by atomic mass is 32.2. The normalized spacial score (nSPS) is 20.3. The lowest BCUT2D eigenvalue weighted by atomic mass is 10.1. The monoisotopic (exact) mass is 277 g/mol. The van der Waals surface area contributed by atoms with Crippen LogP contribution in [0.4, 0.5) is 0 Å². The van der Waals surface area contributed by atoms with Crippen LogP contribution in [-0.2, 0) is 0 Å². The average molecular weight is 277 g/mol. The summed E-state index contributed by atoms with van der Waals surface area (Å²) in [5.74, 6) is 3.33. The molecular weight excluding hydrogens is 262 g/mol. The number of nitrogens with zero attached hydrogens (tertiary/aromatic N) is 3. The third-order valence-corrected chi connectivity index (χ3v) is 4.94. The molecule has 0 atom stereocenters. The Balaban J connectivity index is 1.74. The van der Waals surface area contributed by atoms with Gasteiger partial charge in [-0.2, -0.15) is 16.9 Å².